The summed E-state index contributed by atoms with van der Waals surface area (Å²) in [5.41, 5.74) is 3.76. The van der Waals surface area contributed by atoms with Gasteiger partial charge in [-0.25, -0.2) is 4.79 Å². The predicted octanol–water partition coefficient (Wildman–Crippen LogP) is -1.63. The highest BCUT2D eigenvalue weighted by atomic mass is 32.2. The van der Waals surface area contributed by atoms with Crippen LogP contribution >= 0.6 is 11.8 Å². The van der Waals surface area contributed by atoms with Crippen LogP contribution in [0.15, 0.2) is 56.2 Å². The van der Waals surface area contributed by atoms with E-state index in [-0.39, 0.29) is 18.0 Å². The van der Waals surface area contributed by atoms with Crippen molar-refractivity contribution in [2.75, 3.05) is 11.5 Å². The second-order valence-electron chi connectivity index (χ2n) is 9.26. The number of fused-ring (bicyclic) bond motifs is 2. The summed E-state index contributed by atoms with van der Waals surface area (Å²) in [4.78, 5) is 59.4. The number of carboxylic acids is 2. The molecule has 3 aromatic rings. The Morgan fingerprint density at radius 1 is 1.40 bits per heavy atom. The standard InChI is InChI=1S/C23H21N7O9S/c1-23(2,21(35)36)39-27-13(16-26-22(24)38-28-16)17(31)25-14-18(32)30-15(20(33)34)11(9-40-19(14)30)7-29-5-3-10-4-6-37-12(10)8-29/h3-6,8,14,19H,7,9H2,1-2H3,(H4-,24,25,26,28,31,33,34,35,36)/b27-13+. The Balaban J connectivity index is 1.36. The largest absolute Gasteiger partial charge is 0.543 e. The summed E-state index contributed by atoms with van der Waals surface area (Å²) in [7, 11) is 0. The van der Waals surface area contributed by atoms with Crippen molar-refractivity contribution >= 4 is 58.2 Å². The minimum Gasteiger partial charge on any atom is -0.543 e. The fraction of sp³-hybridized carbons (Fsp3) is 0.304. The van der Waals surface area contributed by atoms with E-state index in [1.807, 2.05) is 6.07 Å². The number of furan rings is 1. The number of hydrogen-bond donors (Lipinski definition) is 3. The summed E-state index contributed by atoms with van der Waals surface area (Å²) in [6.07, 6.45) is 5.01. The van der Waals surface area contributed by atoms with E-state index >= 15 is 0 Å². The fourth-order valence-electron chi connectivity index (χ4n) is 3.98. The number of aromatic nitrogens is 3. The Bertz CT molecular complexity index is 1610. The number of nitrogens with two attached hydrogens (primary N) is 1. The normalized spacial score (nSPS) is 19.3. The van der Waals surface area contributed by atoms with Gasteiger partial charge in [-0.1, -0.05) is 10.3 Å². The second kappa shape index (κ2) is 9.99. The third kappa shape index (κ3) is 4.81. The van der Waals surface area contributed by atoms with Crippen LogP contribution in [0.25, 0.3) is 11.0 Å². The van der Waals surface area contributed by atoms with Crippen LogP contribution in [0.4, 0.5) is 6.01 Å². The Kier molecular flexibility index (Phi) is 6.66. The van der Waals surface area contributed by atoms with Gasteiger partial charge in [-0.05, 0) is 19.9 Å². The zero-order valence-corrected chi connectivity index (χ0v) is 21.7. The number of nitrogens with one attached hydrogen (secondary N) is 1. The van der Waals surface area contributed by atoms with Crippen LogP contribution < -0.4 is 20.7 Å². The number of anilines is 1. The lowest BCUT2D eigenvalue weighted by Crippen LogP contribution is -2.71. The van der Waals surface area contributed by atoms with Gasteiger partial charge in [0.15, 0.2) is 18.3 Å². The van der Waals surface area contributed by atoms with Crippen LogP contribution in [0.3, 0.4) is 0 Å². The van der Waals surface area contributed by atoms with Gasteiger partial charge in [0.2, 0.25) is 23.3 Å². The number of nitrogens with zero attached hydrogens (tertiary/aromatic N) is 5. The first-order valence-electron chi connectivity index (χ1n) is 11.6. The van der Waals surface area contributed by atoms with Gasteiger partial charge < -0.3 is 39.8 Å². The van der Waals surface area contributed by atoms with Gasteiger partial charge in [-0.3, -0.25) is 14.5 Å². The van der Waals surface area contributed by atoms with Gasteiger partial charge in [-0.15, -0.1) is 11.8 Å². The van der Waals surface area contributed by atoms with Crippen molar-refractivity contribution in [1.82, 2.24) is 20.4 Å². The van der Waals surface area contributed by atoms with Gasteiger partial charge in [-0.2, -0.15) is 9.55 Å². The molecule has 0 saturated carbocycles. The van der Waals surface area contributed by atoms with Crippen molar-refractivity contribution in [3.05, 3.63) is 47.9 Å². The molecule has 2 aliphatic heterocycles. The minimum absolute atomic E-state index is 0.160. The minimum atomic E-state index is -1.83. The molecule has 0 aliphatic carbocycles. The summed E-state index contributed by atoms with van der Waals surface area (Å²) in [6.45, 7) is 2.55. The molecule has 2 aliphatic rings. The van der Waals surface area contributed by atoms with E-state index in [0.717, 1.165) is 10.3 Å². The summed E-state index contributed by atoms with van der Waals surface area (Å²) >= 11 is 1.24. The lowest BCUT2D eigenvalue weighted by Gasteiger charge is -2.50. The van der Waals surface area contributed by atoms with Gasteiger partial charge in [0.1, 0.15) is 11.4 Å². The van der Waals surface area contributed by atoms with Crippen molar-refractivity contribution in [1.29, 1.82) is 0 Å². The summed E-state index contributed by atoms with van der Waals surface area (Å²) in [5, 5.41) is 31.0. The molecule has 2 unspecified atom stereocenters. The van der Waals surface area contributed by atoms with E-state index in [2.05, 4.69) is 25.1 Å². The van der Waals surface area contributed by atoms with Crippen LogP contribution in [0.5, 0.6) is 0 Å². The van der Waals surface area contributed by atoms with Crippen molar-refractivity contribution in [2.24, 2.45) is 5.16 Å². The number of hydrogen-bond acceptors (Lipinski definition) is 13. The monoisotopic (exact) mass is 571 g/mol. The molecule has 40 heavy (non-hydrogen) atoms. The Morgan fingerprint density at radius 2 is 2.17 bits per heavy atom. The number of carbonyl (C=O) groups is 4. The van der Waals surface area contributed by atoms with Gasteiger partial charge >= 0.3 is 12.0 Å². The van der Waals surface area contributed by atoms with Crippen molar-refractivity contribution in [2.45, 2.75) is 37.4 Å². The van der Waals surface area contributed by atoms with Crippen molar-refractivity contribution < 1.29 is 47.7 Å². The molecule has 5 heterocycles. The zero-order chi connectivity index (χ0) is 28.8. The molecule has 208 valence electrons. The average Bonchev–Trinajstić information content (AvgIpc) is 3.55. The second-order valence-corrected chi connectivity index (χ2v) is 10.4. The number of carboxylic acid groups (broad SMARTS) is 2. The van der Waals surface area contributed by atoms with Crippen molar-refractivity contribution in [3.8, 4) is 0 Å². The highest BCUT2D eigenvalue weighted by Gasteiger charge is 2.53. The molecular formula is C23H21N7O9S. The zero-order valence-electron chi connectivity index (χ0n) is 20.9. The third-order valence-electron chi connectivity index (χ3n) is 6.11. The molecule has 0 aromatic carbocycles. The summed E-state index contributed by atoms with van der Waals surface area (Å²) in [5.74, 6) is -4.80. The number of amides is 2. The summed E-state index contributed by atoms with van der Waals surface area (Å²) < 4.78 is 11.8. The van der Waals surface area contributed by atoms with E-state index in [1.165, 1.54) is 31.9 Å². The first-order valence-corrected chi connectivity index (χ1v) is 12.7. The molecule has 2 amide bonds. The van der Waals surface area contributed by atoms with Crippen LogP contribution in [-0.4, -0.2) is 72.4 Å². The maximum absolute atomic E-state index is 13.1. The number of thioether (sulfide) groups is 1. The highest BCUT2D eigenvalue weighted by Crippen LogP contribution is 2.40. The number of rotatable bonds is 9. The Morgan fingerprint density at radius 3 is 2.85 bits per heavy atom. The van der Waals surface area contributed by atoms with Crippen LogP contribution in [0.2, 0.25) is 0 Å². The number of aliphatic carboxylic acids is 2. The maximum Gasteiger partial charge on any atom is 0.350 e. The molecule has 4 N–H and O–H groups in total. The van der Waals surface area contributed by atoms with Crippen LogP contribution in [-0.2, 0) is 30.6 Å². The van der Waals surface area contributed by atoms with Gasteiger partial charge in [0.05, 0.1) is 17.9 Å². The van der Waals surface area contributed by atoms with E-state index in [1.54, 1.807) is 23.0 Å². The Labute approximate surface area is 228 Å². The van der Waals surface area contributed by atoms with E-state index in [4.69, 9.17) is 15.0 Å². The van der Waals surface area contributed by atoms with Crippen LogP contribution in [0, 0.1) is 0 Å². The van der Waals surface area contributed by atoms with Gasteiger partial charge in [0.25, 0.3) is 11.8 Å². The first-order chi connectivity index (χ1) is 19.0. The average molecular weight is 572 g/mol. The summed E-state index contributed by atoms with van der Waals surface area (Å²) in [6, 6.07) is 2.06. The topological polar surface area (TPSA) is 230 Å². The predicted molar refractivity (Wildman–Crippen MR) is 132 cm³/mol. The highest BCUT2D eigenvalue weighted by molar-refractivity contribution is 8.00. The maximum atomic E-state index is 13.1. The van der Waals surface area contributed by atoms with E-state index in [0.29, 0.717) is 11.2 Å². The van der Waals surface area contributed by atoms with E-state index in [9.17, 15) is 29.4 Å². The quantitative estimate of drug-likeness (QED) is 0.113. The molecule has 0 radical (unpaired) electrons. The molecule has 5 rings (SSSR count). The smallest absolute Gasteiger partial charge is 0.350 e. The number of pyridine rings is 1. The first kappa shape index (κ1) is 26.7. The lowest BCUT2D eigenvalue weighted by molar-refractivity contribution is -0.688. The Hall–Kier alpha value is -4.93. The number of carbonyl (C=O) groups excluding carboxylic acids is 3. The SMILES string of the molecule is CC(C)(O/N=C(/C(=O)NC1C(=O)N2C(C(=O)[O-])=C(C[n+]3ccc4ccoc4c3)CSC12)c1noc(N)n1)C(=O)O. The molecular weight excluding hydrogens is 550 g/mol. The fourth-order valence-corrected chi connectivity index (χ4v) is 5.31. The molecule has 2 atom stereocenters. The van der Waals surface area contributed by atoms with Crippen molar-refractivity contribution in [3.63, 3.8) is 0 Å². The van der Waals surface area contributed by atoms with E-state index < -0.39 is 58.3 Å². The van der Waals surface area contributed by atoms with Crippen LogP contribution in [0.1, 0.15) is 19.7 Å². The van der Waals surface area contributed by atoms with Gasteiger partial charge in [0, 0.05) is 22.8 Å². The molecule has 3 aromatic heterocycles. The number of nitrogen functional groups attached to an aromatic ring is 1. The molecule has 0 spiro atoms. The molecule has 0 bridgehead atoms. The number of oxime groups is 1. The number of β-lactam (4-membered cyclic amide) rings is 1. The molecule has 1 fully saturated rings. The lowest BCUT2D eigenvalue weighted by atomic mass is 10.0. The molecule has 17 heteroatoms. The molecule has 1 saturated heterocycles. The molecule has 16 nitrogen and oxygen atoms in total. The third-order valence-corrected chi connectivity index (χ3v) is 7.44.